The van der Waals surface area contributed by atoms with Crippen molar-refractivity contribution in [3.05, 3.63) is 23.9 Å². The highest BCUT2D eigenvalue weighted by Gasteiger charge is 2.39. The van der Waals surface area contributed by atoms with Gasteiger partial charge < -0.3 is 9.64 Å². The summed E-state index contributed by atoms with van der Waals surface area (Å²) in [5.41, 5.74) is -0.903. The average Bonchev–Trinajstić information content (AvgIpc) is 2.57. The summed E-state index contributed by atoms with van der Waals surface area (Å²) in [5, 5.41) is 0.200. The summed E-state index contributed by atoms with van der Waals surface area (Å²) in [6, 6.07) is 0.761. The van der Waals surface area contributed by atoms with Crippen molar-refractivity contribution in [1.29, 1.82) is 0 Å². The van der Waals surface area contributed by atoms with E-state index >= 15 is 0 Å². The molecule has 1 aromatic rings. The number of aromatic nitrogens is 1. The number of esters is 1. The largest absolute Gasteiger partial charge is 0.467 e. The summed E-state index contributed by atoms with van der Waals surface area (Å²) in [6.45, 7) is -0.151. The Morgan fingerprint density at radius 2 is 2.08 bits per heavy atom. The molecule has 1 unspecified atom stereocenters. The number of sulfone groups is 1. The van der Waals surface area contributed by atoms with Gasteiger partial charge >= 0.3 is 12.1 Å². The third-order valence-electron chi connectivity index (χ3n) is 3.63. The predicted octanol–water partition coefficient (Wildman–Crippen LogP) is 0.991. The second-order valence-corrected chi connectivity index (χ2v) is 8.64. The molecule has 2 rings (SSSR count). The van der Waals surface area contributed by atoms with Crippen LogP contribution in [0.25, 0.3) is 0 Å². The van der Waals surface area contributed by atoms with Crippen LogP contribution in [-0.2, 0) is 30.3 Å². The van der Waals surface area contributed by atoms with Gasteiger partial charge in [0.05, 0.1) is 35.0 Å². The number of thioether (sulfide) groups is 1. The monoisotopic (exact) mass is 412 g/mol. The van der Waals surface area contributed by atoms with E-state index in [9.17, 15) is 31.2 Å². The summed E-state index contributed by atoms with van der Waals surface area (Å²) in [7, 11) is -2.37. The van der Waals surface area contributed by atoms with E-state index in [2.05, 4.69) is 9.72 Å². The molecule has 0 spiro atoms. The Balaban J connectivity index is 2.03. The number of hydrogen-bond acceptors (Lipinski definition) is 7. The Hall–Kier alpha value is -1.82. The fraction of sp³-hybridized carbons (Fsp3) is 0.500. The van der Waals surface area contributed by atoms with Crippen LogP contribution in [0.3, 0.4) is 0 Å². The lowest BCUT2D eigenvalue weighted by Crippen LogP contribution is -2.55. The van der Waals surface area contributed by atoms with Gasteiger partial charge in [-0.3, -0.25) is 4.79 Å². The molecule has 1 fully saturated rings. The first-order chi connectivity index (χ1) is 12.0. The highest BCUT2D eigenvalue weighted by Crippen LogP contribution is 2.29. The molecule has 1 saturated heterocycles. The maximum atomic E-state index is 12.5. The minimum atomic E-state index is -4.50. The molecule has 0 saturated carbocycles. The molecule has 0 N–H and O–H groups in total. The number of methoxy groups -OCH3 is 1. The molecule has 144 valence electrons. The molecule has 0 radical (unpaired) electrons. The molecule has 1 atom stereocenters. The van der Waals surface area contributed by atoms with Crippen LogP contribution in [0.4, 0.5) is 13.2 Å². The highest BCUT2D eigenvalue weighted by molar-refractivity contribution is 7.99. The number of amides is 1. The van der Waals surface area contributed by atoms with Gasteiger partial charge in [-0.2, -0.15) is 13.2 Å². The molecular formula is C14H15F3N2O5S2. The Kier molecular flexibility index (Phi) is 6.17. The van der Waals surface area contributed by atoms with Crippen LogP contribution in [0.1, 0.15) is 5.56 Å². The second-order valence-electron chi connectivity index (χ2n) is 5.41. The molecule has 7 nitrogen and oxygen atoms in total. The molecular weight excluding hydrogens is 397 g/mol. The molecule has 1 aliphatic heterocycles. The maximum absolute atomic E-state index is 12.5. The van der Waals surface area contributed by atoms with E-state index < -0.39 is 45.2 Å². The Labute approximate surface area is 151 Å². The van der Waals surface area contributed by atoms with Gasteiger partial charge in [-0.1, -0.05) is 11.8 Å². The third-order valence-corrected chi connectivity index (χ3v) is 6.19. The van der Waals surface area contributed by atoms with E-state index in [1.54, 1.807) is 0 Å². The third kappa shape index (κ3) is 5.10. The van der Waals surface area contributed by atoms with E-state index in [1.165, 1.54) is 0 Å². The first-order valence-electron chi connectivity index (χ1n) is 7.27. The van der Waals surface area contributed by atoms with Gasteiger partial charge in [0, 0.05) is 12.7 Å². The van der Waals surface area contributed by atoms with Crippen molar-refractivity contribution in [3.8, 4) is 0 Å². The Morgan fingerprint density at radius 1 is 1.38 bits per heavy atom. The van der Waals surface area contributed by atoms with Gasteiger partial charge in [-0.05, 0) is 12.1 Å². The first-order valence-corrected chi connectivity index (χ1v) is 10.1. The summed E-state index contributed by atoms with van der Waals surface area (Å²) in [5.74, 6) is -2.35. The van der Waals surface area contributed by atoms with Gasteiger partial charge in [0.15, 0.2) is 9.84 Å². The summed E-state index contributed by atoms with van der Waals surface area (Å²) < 4.78 is 65.4. The van der Waals surface area contributed by atoms with E-state index in [-0.39, 0.29) is 23.1 Å². The zero-order valence-corrected chi connectivity index (χ0v) is 15.2. The summed E-state index contributed by atoms with van der Waals surface area (Å²) in [4.78, 5) is 28.9. The standard InChI is InChI=1S/C14H15F3N2O5S2/c1-24-13(21)10-8-26(22,23)5-4-19(10)12(20)7-25-11-3-2-9(6-18-11)14(15,16)17/h2-3,6,10H,4-5,7-8H2,1H3. The maximum Gasteiger partial charge on any atom is 0.417 e. The molecule has 2 heterocycles. The van der Waals surface area contributed by atoms with Gasteiger partial charge in [-0.15, -0.1) is 0 Å². The van der Waals surface area contributed by atoms with Crippen molar-refractivity contribution in [2.45, 2.75) is 17.2 Å². The van der Waals surface area contributed by atoms with Crippen molar-refractivity contribution >= 4 is 33.5 Å². The zero-order chi connectivity index (χ0) is 19.5. The Morgan fingerprint density at radius 3 is 2.62 bits per heavy atom. The average molecular weight is 412 g/mol. The molecule has 0 aliphatic carbocycles. The number of carbonyl (C=O) groups excluding carboxylic acids is 2. The molecule has 0 aromatic carbocycles. The number of ether oxygens (including phenoxy) is 1. The van der Waals surface area contributed by atoms with Crippen molar-refractivity contribution in [3.63, 3.8) is 0 Å². The normalized spacial score (nSPS) is 19.8. The minimum absolute atomic E-state index is 0.151. The molecule has 12 heteroatoms. The smallest absolute Gasteiger partial charge is 0.417 e. The van der Waals surface area contributed by atoms with Crippen LogP contribution >= 0.6 is 11.8 Å². The van der Waals surface area contributed by atoms with Gasteiger partial charge in [0.2, 0.25) is 5.91 Å². The van der Waals surface area contributed by atoms with Gasteiger partial charge in [-0.25, -0.2) is 18.2 Å². The van der Waals surface area contributed by atoms with Crippen LogP contribution in [0, 0.1) is 0 Å². The van der Waals surface area contributed by atoms with Gasteiger partial charge in [0.1, 0.15) is 6.04 Å². The molecule has 1 aliphatic rings. The summed E-state index contributed by atoms with van der Waals surface area (Å²) in [6.07, 6.45) is -3.84. The SMILES string of the molecule is COC(=O)C1CS(=O)(=O)CCN1C(=O)CSc1ccc(C(F)(F)F)cn1. The predicted molar refractivity (Wildman–Crippen MR) is 86.1 cm³/mol. The fourth-order valence-corrected chi connectivity index (χ4v) is 4.46. The van der Waals surface area contributed by atoms with E-state index in [0.717, 1.165) is 35.9 Å². The van der Waals surface area contributed by atoms with Crippen molar-refractivity contribution in [2.75, 3.05) is 30.9 Å². The van der Waals surface area contributed by atoms with E-state index in [0.29, 0.717) is 6.20 Å². The second kappa shape index (κ2) is 7.82. The molecule has 1 aromatic heterocycles. The number of carbonyl (C=O) groups is 2. The molecule has 0 bridgehead atoms. The number of nitrogens with zero attached hydrogens (tertiary/aromatic N) is 2. The number of alkyl halides is 3. The quantitative estimate of drug-likeness (QED) is 0.538. The van der Waals surface area contributed by atoms with Crippen LogP contribution in [-0.4, -0.2) is 67.1 Å². The topological polar surface area (TPSA) is 93.6 Å². The number of rotatable bonds is 4. The lowest BCUT2D eigenvalue weighted by atomic mass is 10.2. The lowest BCUT2D eigenvalue weighted by Gasteiger charge is -2.33. The number of halogens is 3. The van der Waals surface area contributed by atoms with Crippen LogP contribution in [0.15, 0.2) is 23.4 Å². The number of hydrogen-bond donors (Lipinski definition) is 0. The van der Waals surface area contributed by atoms with Gasteiger partial charge in [0.25, 0.3) is 0 Å². The number of pyridine rings is 1. The lowest BCUT2D eigenvalue weighted by molar-refractivity contribution is -0.151. The van der Waals surface area contributed by atoms with E-state index in [4.69, 9.17) is 0 Å². The van der Waals surface area contributed by atoms with Crippen molar-refractivity contribution in [2.24, 2.45) is 0 Å². The fourth-order valence-electron chi connectivity index (χ4n) is 2.29. The highest BCUT2D eigenvalue weighted by atomic mass is 32.2. The first kappa shape index (κ1) is 20.5. The van der Waals surface area contributed by atoms with Crippen LogP contribution < -0.4 is 0 Å². The van der Waals surface area contributed by atoms with Crippen molar-refractivity contribution in [1.82, 2.24) is 9.88 Å². The minimum Gasteiger partial charge on any atom is -0.467 e. The molecule has 26 heavy (non-hydrogen) atoms. The molecule has 1 amide bonds. The van der Waals surface area contributed by atoms with Crippen LogP contribution in [0.2, 0.25) is 0 Å². The Bertz CT molecular complexity index is 781. The summed E-state index contributed by atoms with van der Waals surface area (Å²) >= 11 is 0.892. The zero-order valence-electron chi connectivity index (χ0n) is 13.5. The van der Waals surface area contributed by atoms with E-state index in [1.807, 2.05) is 0 Å². The van der Waals surface area contributed by atoms with Crippen LogP contribution in [0.5, 0.6) is 0 Å². The van der Waals surface area contributed by atoms with Crippen molar-refractivity contribution < 1.29 is 35.9 Å².